The Kier molecular flexibility index (Phi) is 9.36. The first-order chi connectivity index (χ1) is 18.9. The third kappa shape index (κ3) is 7.25. The van der Waals surface area contributed by atoms with Gasteiger partial charge < -0.3 is 15.4 Å². The first-order valence-corrected chi connectivity index (χ1v) is 13.0. The number of para-hydroxylation sites is 1. The second-order valence-electron chi connectivity index (χ2n) is 8.68. The fourth-order valence-electron chi connectivity index (χ4n) is 3.83. The molecule has 4 aromatic rings. The van der Waals surface area contributed by atoms with E-state index in [1.54, 1.807) is 49.5 Å². The van der Waals surface area contributed by atoms with E-state index in [0.29, 0.717) is 33.5 Å². The molecule has 0 saturated carbocycles. The van der Waals surface area contributed by atoms with Gasteiger partial charge in [0.25, 0.3) is 5.91 Å². The fraction of sp³-hybridized carbons (Fsp3) is 0.129. The standard InChI is InChI=1S/C31H27Cl2N3O3/c1-20-8-12-23-5-3-7-27(30(23)36-20)39-19-25-26(32)16-15-22(29(25)33)6-4-18-35-28(37)17-11-21-9-13-24(14-10-21)31(38)34-2/h3-17H,18-19H2,1-2H3,(H,34,38)(H,35,37)/b6-4-,17-11?. The quantitative estimate of drug-likeness (QED) is 0.225. The number of rotatable bonds is 9. The van der Waals surface area contributed by atoms with E-state index in [1.807, 2.05) is 49.4 Å². The van der Waals surface area contributed by atoms with E-state index < -0.39 is 0 Å². The molecule has 0 atom stereocenters. The number of halogens is 2. The summed E-state index contributed by atoms with van der Waals surface area (Å²) in [4.78, 5) is 28.4. The van der Waals surface area contributed by atoms with Crippen LogP contribution in [0, 0.1) is 6.92 Å². The molecule has 0 bridgehead atoms. The minimum Gasteiger partial charge on any atom is -0.487 e. The van der Waals surface area contributed by atoms with Gasteiger partial charge in [0.1, 0.15) is 17.9 Å². The second kappa shape index (κ2) is 13.1. The van der Waals surface area contributed by atoms with Crippen LogP contribution in [0.1, 0.15) is 32.7 Å². The molecule has 1 heterocycles. The highest BCUT2D eigenvalue weighted by molar-refractivity contribution is 6.36. The van der Waals surface area contributed by atoms with Gasteiger partial charge in [-0.05, 0) is 54.5 Å². The third-order valence-electron chi connectivity index (χ3n) is 5.93. The molecule has 1 aromatic heterocycles. The fourth-order valence-corrected chi connectivity index (χ4v) is 4.37. The van der Waals surface area contributed by atoms with Gasteiger partial charge in [-0.1, -0.05) is 71.8 Å². The minimum absolute atomic E-state index is 0.160. The van der Waals surface area contributed by atoms with Crippen LogP contribution in [0.3, 0.4) is 0 Å². The summed E-state index contributed by atoms with van der Waals surface area (Å²) in [6, 6.07) is 20.3. The Bertz CT molecular complexity index is 1560. The van der Waals surface area contributed by atoms with E-state index in [0.717, 1.165) is 27.7 Å². The molecule has 6 nitrogen and oxygen atoms in total. The lowest BCUT2D eigenvalue weighted by atomic mass is 10.1. The smallest absolute Gasteiger partial charge is 0.251 e. The van der Waals surface area contributed by atoms with Crippen LogP contribution in [0.15, 0.2) is 78.9 Å². The normalized spacial score (nSPS) is 11.3. The zero-order chi connectivity index (χ0) is 27.8. The molecule has 0 aliphatic rings. The van der Waals surface area contributed by atoms with E-state index in [2.05, 4.69) is 15.6 Å². The number of carbonyl (C=O) groups excluding carboxylic acids is 2. The van der Waals surface area contributed by atoms with Gasteiger partial charge in [0.05, 0.1) is 5.02 Å². The van der Waals surface area contributed by atoms with Crippen molar-refractivity contribution in [1.82, 2.24) is 15.6 Å². The number of hydrogen-bond donors (Lipinski definition) is 2. The molecule has 0 aliphatic heterocycles. The Morgan fingerprint density at radius 2 is 1.77 bits per heavy atom. The number of fused-ring (bicyclic) bond motifs is 1. The number of nitrogens with one attached hydrogen (secondary N) is 2. The SMILES string of the molecule is CNC(=O)c1ccc(C=CC(=O)NC/C=C\c2ccc(Cl)c(COc3cccc4ccc(C)nc34)c2Cl)cc1. The number of aryl methyl sites for hydroxylation is 1. The number of ether oxygens (including phenoxy) is 1. The number of amides is 2. The summed E-state index contributed by atoms with van der Waals surface area (Å²) in [6.07, 6.45) is 6.76. The van der Waals surface area contributed by atoms with E-state index in [-0.39, 0.29) is 18.4 Å². The number of benzene rings is 3. The molecule has 198 valence electrons. The van der Waals surface area contributed by atoms with Crippen LogP contribution in [-0.2, 0) is 11.4 Å². The van der Waals surface area contributed by atoms with Crippen LogP contribution in [0.2, 0.25) is 10.0 Å². The van der Waals surface area contributed by atoms with E-state index in [9.17, 15) is 9.59 Å². The number of nitrogens with zero attached hydrogens (tertiary/aromatic N) is 1. The summed E-state index contributed by atoms with van der Waals surface area (Å²) in [5.41, 5.74) is 4.48. The maximum atomic E-state index is 12.2. The van der Waals surface area contributed by atoms with E-state index in [1.165, 1.54) is 6.08 Å². The summed E-state index contributed by atoms with van der Waals surface area (Å²) in [5, 5.41) is 7.34. The molecular weight excluding hydrogens is 533 g/mol. The van der Waals surface area contributed by atoms with Crippen molar-refractivity contribution in [3.63, 3.8) is 0 Å². The van der Waals surface area contributed by atoms with Gasteiger partial charge in [0.15, 0.2) is 0 Å². The Balaban J connectivity index is 1.35. The molecule has 3 aromatic carbocycles. The number of carbonyl (C=O) groups is 2. The molecule has 2 amide bonds. The molecule has 0 aliphatic carbocycles. The van der Waals surface area contributed by atoms with Crippen LogP contribution in [0.5, 0.6) is 5.75 Å². The van der Waals surface area contributed by atoms with Crippen molar-refractivity contribution in [2.24, 2.45) is 0 Å². The summed E-state index contributed by atoms with van der Waals surface area (Å²) >= 11 is 13.1. The zero-order valence-corrected chi connectivity index (χ0v) is 23.0. The largest absolute Gasteiger partial charge is 0.487 e. The predicted molar refractivity (Wildman–Crippen MR) is 158 cm³/mol. The third-order valence-corrected chi connectivity index (χ3v) is 6.73. The molecule has 39 heavy (non-hydrogen) atoms. The lowest BCUT2D eigenvalue weighted by molar-refractivity contribution is -0.116. The van der Waals surface area contributed by atoms with E-state index >= 15 is 0 Å². The Hall–Kier alpha value is -4.13. The van der Waals surface area contributed by atoms with Crippen LogP contribution in [0.4, 0.5) is 0 Å². The topological polar surface area (TPSA) is 80.3 Å². The summed E-state index contributed by atoms with van der Waals surface area (Å²) < 4.78 is 6.08. The first-order valence-electron chi connectivity index (χ1n) is 12.3. The van der Waals surface area contributed by atoms with Gasteiger partial charge in [-0.25, -0.2) is 4.98 Å². The van der Waals surface area contributed by atoms with Gasteiger partial charge >= 0.3 is 0 Å². The molecule has 0 spiro atoms. The monoisotopic (exact) mass is 559 g/mol. The van der Waals surface area contributed by atoms with Crippen LogP contribution >= 0.6 is 23.2 Å². The number of pyridine rings is 1. The molecular formula is C31H27Cl2N3O3. The Labute approximate surface area is 237 Å². The van der Waals surface area contributed by atoms with Gasteiger partial charge in [-0.3, -0.25) is 9.59 Å². The summed E-state index contributed by atoms with van der Waals surface area (Å²) in [6.45, 7) is 2.43. The minimum atomic E-state index is -0.245. The molecule has 8 heteroatoms. The van der Waals surface area contributed by atoms with Crippen molar-refractivity contribution in [3.8, 4) is 5.75 Å². The van der Waals surface area contributed by atoms with Gasteiger partial charge in [-0.2, -0.15) is 0 Å². The first kappa shape index (κ1) is 27.9. The maximum Gasteiger partial charge on any atom is 0.251 e. The summed E-state index contributed by atoms with van der Waals surface area (Å²) in [7, 11) is 1.58. The molecule has 0 fully saturated rings. The molecule has 2 N–H and O–H groups in total. The zero-order valence-electron chi connectivity index (χ0n) is 21.5. The lowest BCUT2D eigenvalue weighted by Gasteiger charge is -2.13. The van der Waals surface area contributed by atoms with Crippen LogP contribution < -0.4 is 15.4 Å². The van der Waals surface area contributed by atoms with Gasteiger partial charge in [0.2, 0.25) is 5.91 Å². The van der Waals surface area contributed by atoms with Crippen molar-refractivity contribution in [3.05, 3.63) is 117 Å². The second-order valence-corrected chi connectivity index (χ2v) is 9.47. The van der Waals surface area contributed by atoms with Gasteiger partial charge in [-0.15, -0.1) is 0 Å². The number of aromatic nitrogens is 1. The van der Waals surface area contributed by atoms with Crippen molar-refractivity contribution in [2.45, 2.75) is 13.5 Å². The summed E-state index contributed by atoms with van der Waals surface area (Å²) in [5.74, 6) is 0.250. The molecule has 0 unspecified atom stereocenters. The van der Waals surface area contributed by atoms with Crippen LogP contribution in [0.25, 0.3) is 23.1 Å². The van der Waals surface area contributed by atoms with Crippen molar-refractivity contribution >= 4 is 58.1 Å². The van der Waals surface area contributed by atoms with Crippen LogP contribution in [-0.4, -0.2) is 30.4 Å². The van der Waals surface area contributed by atoms with Gasteiger partial charge in [0, 0.05) is 46.9 Å². The predicted octanol–water partition coefficient (Wildman–Crippen LogP) is 6.63. The van der Waals surface area contributed by atoms with Crippen molar-refractivity contribution in [2.75, 3.05) is 13.6 Å². The highest BCUT2D eigenvalue weighted by Crippen LogP contribution is 2.31. The van der Waals surface area contributed by atoms with Crippen molar-refractivity contribution in [1.29, 1.82) is 0 Å². The highest BCUT2D eigenvalue weighted by atomic mass is 35.5. The average molecular weight is 560 g/mol. The number of hydrogen-bond acceptors (Lipinski definition) is 4. The van der Waals surface area contributed by atoms with E-state index in [4.69, 9.17) is 27.9 Å². The maximum absolute atomic E-state index is 12.2. The lowest BCUT2D eigenvalue weighted by Crippen LogP contribution is -2.20. The Morgan fingerprint density at radius 1 is 0.974 bits per heavy atom. The average Bonchev–Trinajstić information content (AvgIpc) is 2.95. The Morgan fingerprint density at radius 3 is 2.54 bits per heavy atom. The highest BCUT2D eigenvalue weighted by Gasteiger charge is 2.12. The molecule has 4 rings (SSSR count). The van der Waals surface area contributed by atoms with Crippen molar-refractivity contribution < 1.29 is 14.3 Å². The molecule has 0 radical (unpaired) electrons. The molecule has 0 saturated heterocycles.